The van der Waals surface area contributed by atoms with E-state index >= 15 is 0 Å². The van der Waals surface area contributed by atoms with Crippen LogP contribution in [0.3, 0.4) is 0 Å². The molecule has 3 aromatic rings. The Morgan fingerprint density at radius 1 is 0.854 bits per heavy atom. The van der Waals surface area contributed by atoms with Crippen molar-refractivity contribution in [3.05, 3.63) is 84.4 Å². The van der Waals surface area contributed by atoms with Crippen molar-refractivity contribution < 1.29 is 27.5 Å². The SMILES string of the molecule is CC[C@H](C(=O)N[C@@H](C)CC)N(Cc1ccccc1)C(=O)CN(c1ccc(OC)c(OC)c1)S(=O)(=O)c1ccccc1. The Bertz CT molecular complexity index is 1400. The molecule has 0 aliphatic rings. The minimum Gasteiger partial charge on any atom is -0.493 e. The molecule has 2 atom stereocenters. The molecule has 0 fully saturated rings. The number of nitrogens with zero attached hydrogens (tertiary/aromatic N) is 2. The van der Waals surface area contributed by atoms with E-state index in [9.17, 15) is 18.0 Å². The third-order valence-electron chi connectivity index (χ3n) is 6.85. The van der Waals surface area contributed by atoms with Gasteiger partial charge in [-0.2, -0.15) is 0 Å². The van der Waals surface area contributed by atoms with Gasteiger partial charge in [0.25, 0.3) is 10.0 Å². The summed E-state index contributed by atoms with van der Waals surface area (Å²) in [7, 11) is -1.25. The Kier molecular flexibility index (Phi) is 11.2. The fraction of sp³-hybridized carbons (Fsp3) is 0.355. The molecule has 0 heterocycles. The summed E-state index contributed by atoms with van der Waals surface area (Å²) in [6.45, 7) is 5.30. The number of hydrogen-bond donors (Lipinski definition) is 1. The van der Waals surface area contributed by atoms with Gasteiger partial charge in [0.05, 0.1) is 24.8 Å². The highest BCUT2D eigenvalue weighted by atomic mass is 32.2. The Labute approximate surface area is 243 Å². The van der Waals surface area contributed by atoms with E-state index in [0.717, 1.165) is 16.3 Å². The molecule has 10 heteroatoms. The van der Waals surface area contributed by atoms with Crippen LogP contribution < -0.4 is 19.1 Å². The molecule has 0 radical (unpaired) electrons. The summed E-state index contributed by atoms with van der Waals surface area (Å²) in [4.78, 5) is 29.0. The highest BCUT2D eigenvalue weighted by Gasteiger charge is 2.34. The molecule has 1 N–H and O–H groups in total. The number of benzene rings is 3. The minimum absolute atomic E-state index is 0.0266. The summed E-state index contributed by atoms with van der Waals surface area (Å²) in [5.41, 5.74) is 1.04. The van der Waals surface area contributed by atoms with Crippen molar-refractivity contribution in [2.45, 2.75) is 57.1 Å². The van der Waals surface area contributed by atoms with Gasteiger partial charge in [-0.15, -0.1) is 0 Å². The van der Waals surface area contributed by atoms with Crippen molar-refractivity contribution >= 4 is 27.5 Å². The summed E-state index contributed by atoms with van der Waals surface area (Å²) in [5, 5.41) is 2.98. The van der Waals surface area contributed by atoms with Crippen LogP contribution in [0.5, 0.6) is 11.5 Å². The van der Waals surface area contributed by atoms with Crippen LogP contribution in [0, 0.1) is 0 Å². The van der Waals surface area contributed by atoms with Gasteiger partial charge >= 0.3 is 0 Å². The molecule has 0 aliphatic carbocycles. The molecule has 3 rings (SSSR count). The highest BCUT2D eigenvalue weighted by Crippen LogP contribution is 2.34. The van der Waals surface area contributed by atoms with Gasteiger partial charge in [-0.1, -0.05) is 62.4 Å². The van der Waals surface area contributed by atoms with Crippen molar-refractivity contribution in [2.75, 3.05) is 25.1 Å². The van der Waals surface area contributed by atoms with E-state index in [1.807, 2.05) is 51.1 Å². The molecule has 220 valence electrons. The average molecular weight is 582 g/mol. The van der Waals surface area contributed by atoms with E-state index in [1.165, 1.54) is 37.3 Å². The van der Waals surface area contributed by atoms with E-state index in [-0.39, 0.29) is 29.1 Å². The first kappa shape index (κ1) is 31.5. The highest BCUT2D eigenvalue weighted by molar-refractivity contribution is 7.92. The zero-order valence-corrected chi connectivity index (χ0v) is 25.1. The van der Waals surface area contributed by atoms with Gasteiger partial charge in [0.1, 0.15) is 12.6 Å². The number of anilines is 1. The van der Waals surface area contributed by atoms with Crippen LogP contribution in [0.25, 0.3) is 0 Å². The van der Waals surface area contributed by atoms with Crippen LogP contribution in [0.15, 0.2) is 83.8 Å². The van der Waals surface area contributed by atoms with E-state index in [1.54, 1.807) is 30.3 Å². The number of amides is 2. The Hall–Kier alpha value is -4.05. The molecule has 0 aromatic heterocycles. The number of nitrogens with one attached hydrogen (secondary N) is 1. The first-order valence-electron chi connectivity index (χ1n) is 13.6. The maximum atomic E-state index is 14.1. The van der Waals surface area contributed by atoms with Crippen LogP contribution in [-0.2, 0) is 26.2 Å². The third kappa shape index (κ3) is 7.79. The molecule has 9 nitrogen and oxygen atoms in total. The summed E-state index contributed by atoms with van der Waals surface area (Å²) in [6, 6.07) is 21.0. The fourth-order valence-corrected chi connectivity index (χ4v) is 5.80. The predicted molar refractivity (Wildman–Crippen MR) is 159 cm³/mol. The standard InChI is InChI=1S/C31H39N3O6S/c1-6-23(3)32-31(36)27(7-2)33(21-24-14-10-8-11-15-24)30(35)22-34(41(37,38)26-16-12-9-13-17-26)25-18-19-28(39-4)29(20-25)40-5/h8-20,23,27H,6-7,21-22H2,1-5H3,(H,32,36)/t23-,27+/m0/s1. The normalized spacial score (nSPS) is 12.6. The van der Waals surface area contributed by atoms with Crippen molar-refractivity contribution in [3.63, 3.8) is 0 Å². The van der Waals surface area contributed by atoms with Crippen molar-refractivity contribution in [3.8, 4) is 11.5 Å². The Morgan fingerprint density at radius 2 is 1.46 bits per heavy atom. The van der Waals surface area contributed by atoms with Crippen LogP contribution in [0.2, 0.25) is 0 Å². The molecular weight excluding hydrogens is 542 g/mol. The second kappa shape index (κ2) is 14.5. The van der Waals surface area contributed by atoms with Gasteiger partial charge in [-0.3, -0.25) is 13.9 Å². The van der Waals surface area contributed by atoms with E-state index in [2.05, 4.69) is 5.32 Å². The lowest BCUT2D eigenvalue weighted by Gasteiger charge is -2.33. The monoisotopic (exact) mass is 581 g/mol. The van der Waals surface area contributed by atoms with Gasteiger partial charge in [0.2, 0.25) is 11.8 Å². The maximum Gasteiger partial charge on any atom is 0.264 e. The predicted octanol–water partition coefficient (Wildman–Crippen LogP) is 4.62. The summed E-state index contributed by atoms with van der Waals surface area (Å²) in [6.07, 6.45) is 1.08. The van der Waals surface area contributed by atoms with Crippen molar-refractivity contribution in [1.82, 2.24) is 10.2 Å². The number of rotatable bonds is 14. The molecular formula is C31H39N3O6S. The van der Waals surface area contributed by atoms with E-state index in [4.69, 9.17) is 9.47 Å². The fourth-order valence-electron chi connectivity index (χ4n) is 4.37. The lowest BCUT2D eigenvalue weighted by molar-refractivity contribution is -0.140. The number of sulfonamides is 1. The number of ether oxygens (including phenoxy) is 2. The Balaban J connectivity index is 2.09. The zero-order valence-electron chi connectivity index (χ0n) is 24.2. The van der Waals surface area contributed by atoms with Gasteiger partial charge in [0, 0.05) is 18.7 Å². The molecule has 2 amide bonds. The first-order valence-corrected chi connectivity index (χ1v) is 15.0. The molecule has 0 spiro atoms. The molecule has 0 aliphatic heterocycles. The van der Waals surface area contributed by atoms with E-state index < -0.39 is 28.5 Å². The van der Waals surface area contributed by atoms with Crippen molar-refractivity contribution in [1.29, 1.82) is 0 Å². The van der Waals surface area contributed by atoms with Crippen LogP contribution in [0.4, 0.5) is 5.69 Å². The van der Waals surface area contributed by atoms with Crippen molar-refractivity contribution in [2.24, 2.45) is 0 Å². The quantitative estimate of drug-likeness (QED) is 0.298. The van der Waals surface area contributed by atoms with E-state index in [0.29, 0.717) is 17.9 Å². The Morgan fingerprint density at radius 3 is 2.02 bits per heavy atom. The first-order chi connectivity index (χ1) is 19.7. The zero-order chi connectivity index (χ0) is 30.0. The van der Waals surface area contributed by atoms with Gasteiger partial charge in [0.15, 0.2) is 11.5 Å². The molecule has 0 saturated carbocycles. The minimum atomic E-state index is -4.19. The molecule has 0 bridgehead atoms. The molecule has 0 unspecified atom stereocenters. The lowest BCUT2D eigenvalue weighted by Crippen LogP contribution is -2.53. The molecule has 41 heavy (non-hydrogen) atoms. The van der Waals surface area contributed by atoms with Gasteiger partial charge in [-0.05, 0) is 49.6 Å². The number of methoxy groups -OCH3 is 2. The second-order valence-electron chi connectivity index (χ2n) is 9.61. The summed E-state index contributed by atoms with van der Waals surface area (Å²) in [5.74, 6) is -0.0756. The topological polar surface area (TPSA) is 105 Å². The van der Waals surface area contributed by atoms with Crippen LogP contribution in [-0.4, -0.2) is 58.0 Å². The van der Waals surface area contributed by atoms with Gasteiger partial charge in [-0.25, -0.2) is 8.42 Å². The van der Waals surface area contributed by atoms with Crippen LogP contribution >= 0.6 is 0 Å². The smallest absolute Gasteiger partial charge is 0.264 e. The van der Waals surface area contributed by atoms with Crippen LogP contribution in [0.1, 0.15) is 39.2 Å². The summed E-state index contributed by atoms with van der Waals surface area (Å²) < 4.78 is 39.7. The number of carbonyl (C=O) groups is 2. The largest absolute Gasteiger partial charge is 0.493 e. The maximum absolute atomic E-state index is 14.1. The third-order valence-corrected chi connectivity index (χ3v) is 8.64. The molecule has 3 aromatic carbocycles. The average Bonchev–Trinajstić information content (AvgIpc) is 3.00. The molecule has 0 saturated heterocycles. The summed E-state index contributed by atoms with van der Waals surface area (Å²) >= 11 is 0. The lowest BCUT2D eigenvalue weighted by atomic mass is 10.1. The second-order valence-corrected chi connectivity index (χ2v) is 11.5. The number of carbonyl (C=O) groups excluding carboxylic acids is 2. The number of hydrogen-bond acceptors (Lipinski definition) is 6. The van der Waals surface area contributed by atoms with Gasteiger partial charge < -0.3 is 19.7 Å².